The third-order valence-electron chi connectivity index (χ3n) is 4.16. The summed E-state index contributed by atoms with van der Waals surface area (Å²) in [6, 6.07) is 5.98. The van der Waals surface area contributed by atoms with E-state index in [1.165, 1.54) is 11.7 Å². The molecule has 0 aliphatic carbocycles. The van der Waals surface area contributed by atoms with Crippen molar-refractivity contribution in [3.05, 3.63) is 40.3 Å². The van der Waals surface area contributed by atoms with Gasteiger partial charge in [0, 0.05) is 12.4 Å². The zero-order valence-corrected chi connectivity index (χ0v) is 13.9. The van der Waals surface area contributed by atoms with Crippen molar-refractivity contribution in [3.63, 3.8) is 0 Å². The molecule has 0 saturated carbocycles. The highest BCUT2D eigenvalue weighted by Crippen LogP contribution is 2.14. The van der Waals surface area contributed by atoms with Crippen LogP contribution in [-0.2, 0) is 23.1 Å². The molecule has 1 amide bonds. The highest BCUT2D eigenvalue weighted by Gasteiger charge is 2.25. The highest BCUT2D eigenvalue weighted by molar-refractivity contribution is 5.90. The van der Waals surface area contributed by atoms with E-state index in [1.54, 1.807) is 31.2 Å². The van der Waals surface area contributed by atoms with Crippen LogP contribution in [0.15, 0.2) is 29.1 Å². The summed E-state index contributed by atoms with van der Waals surface area (Å²) in [6.07, 6.45) is 0.549. The van der Waals surface area contributed by atoms with E-state index in [0.29, 0.717) is 22.9 Å². The smallest absolute Gasteiger partial charge is 0.326 e. The van der Waals surface area contributed by atoms with Gasteiger partial charge in [0.25, 0.3) is 5.56 Å². The average Bonchev–Trinajstić information content (AvgIpc) is 2.56. The van der Waals surface area contributed by atoms with Crippen LogP contribution in [0, 0.1) is 5.92 Å². The van der Waals surface area contributed by atoms with E-state index >= 15 is 0 Å². The maximum Gasteiger partial charge on any atom is 0.326 e. The van der Waals surface area contributed by atoms with Crippen LogP contribution >= 0.6 is 0 Å². The molecule has 1 heterocycles. The quantitative estimate of drug-likeness (QED) is 0.825. The number of aliphatic carboxylic acids is 1. The van der Waals surface area contributed by atoms with Gasteiger partial charge in [-0.15, -0.1) is 0 Å². The first-order valence-electron chi connectivity index (χ1n) is 7.82. The van der Waals surface area contributed by atoms with Crippen molar-refractivity contribution in [2.45, 2.75) is 32.7 Å². The Balaban J connectivity index is 2.29. The van der Waals surface area contributed by atoms with E-state index in [-0.39, 0.29) is 17.9 Å². The number of carboxylic acid groups (broad SMARTS) is 1. The molecule has 0 unspecified atom stereocenters. The zero-order valence-electron chi connectivity index (χ0n) is 13.9. The summed E-state index contributed by atoms with van der Waals surface area (Å²) < 4.78 is 1.19. The summed E-state index contributed by atoms with van der Waals surface area (Å²) in [7, 11) is 1.52. The van der Waals surface area contributed by atoms with Gasteiger partial charge in [-0.2, -0.15) is 5.10 Å². The normalized spacial score (nSPS) is 13.5. The molecule has 1 aromatic heterocycles. The molecule has 24 heavy (non-hydrogen) atoms. The number of benzene rings is 1. The maximum absolute atomic E-state index is 12.3. The van der Waals surface area contributed by atoms with Gasteiger partial charge >= 0.3 is 5.97 Å². The molecular formula is C17H21N3O4. The molecule has 2 atom stereocenters. The number of hydrogen-bond acceptors (Lipinski definition) is 4. The molecule has 0 aliphatic rings. The van der Waals surface area contributed by atoms with Crippen molar-refractivity contribution in [1.29, 1.82) is 0 Å². The number of aromatic nitrogens is 2. The number of hydrogen-bond donors (Lipinski definition) is 2. The lowest BCUT2D eigenvalue weighted by Gasteiger charge is -2.20. The van der Waals surface area contributed by atoms with Gasteiger partial charge in [0.15, 0.2) is 0 Å². The minimum atomic E-state index is -1.06. The Bertz CT molecular complexity index is 828. The average molecular weight is 331 g/mol. The molecule has 0 aliphatic heterocycles. The molecule has 2 rings (SSSR count). The van der Waals surface area contributed by atoms with Gasteiger partial charge in [0.2, 0.25) is 5.91 Å². The van der Waals surface area contributed by atoms with Crippen LogP contribution in [0.1, 0.15) is 26.0 Å². The Morgan fingerprint density at radius 3 is 2.50 bits per heavy atom. The van der Waals surface area contributed by atoms with Gasteiger partial charge in [-0.05, 0) is 12.0 Å². The second-order valence-corrected chi connectivity index (χ2v) is 5.87. The largest absolute Gasteiger partial charge is 0.480 e. The van der Waals surface area contributed by atoms with Crippen LogP contribution in [0.3, 0.4) is 0 Å². The zero-order chi connectivity index (χ0) is 17.9. The molecule has 0 fully saturated rings. The molecule has 2 aromatic rings. The van der Waals surface area contributed by atoms with E-state index < -0.39 is 17.9 Å². The van der Waals surface area contributed by atoms with Crippen LogP contribution in [0.5, 0.6) is 0 Å². The summed E-state index contributed by atoms with van der Waals surface area (Å²) in [5.74, 6) is -1.67. The first kappa shape index (κ1) is 17.7. The number of carbonyl (C=O) groups excluding carboxylic acids is 1. The lowest BCUT2D eigenvalue weighted by molar-refractivity contribution is -0.143. The second-order valence-electron chi connectivity index (χ2n) is 5.87. The maximum atomic E-state index is 12.3. The Hall–Kier alpha value is -2.70. The third kappa shape index (κ3) is 3.61. The fourth-order valence-corrected chi connectivity index (χ4v) is 2.57. The lowest BCUT2D eigenvalue weighted by atomic mass is 9.99. The van der Waals surface area contributed by atoms with Crippen LogP contribution in [0.2, 0.25) is 0 Å². The number of rotatable bonds is 6. The summed E-state index contributed by atoms with van der Waals surface area (Å²) in [5, 5.41) is 17.1. The predicted molar refractivity (Wildman–Crippen MR) is 89.7 cm³/mol. The van der Waals surface area contributed by atoms with Crippen molar-refractivity contribution in [2.24, 2.45) is 13.0 Å². The molecule has 0 saturated heterocycles. The van der Waals surface area contributed by atoms with Gasteiger partial charge in [-0.3, -0.25) is 9.59 Å². The summed E-state index contributed by atoms with van der Waals surface area (Å²) >= 11 is 0. The molecule has 0 spiro atoms. The molecule has 128 valence electrons. The van der Waals surface area contributed by atoms with Crippen molar-refractivity contribution in [1.82, 2.24) is 15.1 Å². The minimum Gasteiger partial charge on any atom is -0.480 e. The number of carboxylic acids is 1. The van der Waals surface area contributed by atoms with Crippen molar-refractivity contribution in [3.8, 4) is 0 Å². The van der Waals surface area contributed by atoms with Crippen LogP contribution in [-0.4, -0.2) is 32.8 Å². The monoisotopic (exact) mass is 331 g/mol. The fraction of sp³-hybridized carbons (Fsp3) is 0.412. The number of nitrogens with one attached hydrogen (secondary N) is 1. The summed E-state index contributed by atoms with van der Waals surface area (Å²) in [5.41, 5.74) is 0.205. The number of aryl methyl sites for hydroxylation is 1. The lowest BCUT2D eigenvalue weighted by Crippen LogP contribution is -2.45. The Kier molecular flexibility index (Phi) is 5.33. The third-order valence-corrected chi connectivity index (χ3v) is 4.16. The van der Waals surface area contributed by atoms with Crippen LogP contribution < -0.4 is 10.9 Å². The molecule has 1 aromatic carbocycles. The second kappa shape index (κ2) is 7.25. The summed E-state index contributed by atoms with van der Waals surface area (Å²) in [6.45, 7) is 3.65. The van der Waals surface area contributed by atoms with Crippen molar-refractivity contribution >= 4 is 22.6 Å². The van der Waals surface area contributed by atoms with Crippen molar-refractivity contribution in [2.75, 3.05) is 0 Å². The van der Waals surface area contributed by atoms with E-state index in [0.717, 1.165) is 0 Å². The van der Waals surface area contributed by atoms with Gasteiger partial charge in [-0.25, -0.2) is 9.48 Å². The predicted octanol–water partition coefficient (Wildman–Crippen LogP) is 1.09. The summed E-state index contributed by atoms with van der Waals surface area (Å²) in [4.78, 5) is 35.7. The fourth-order valence-electron chi connectivity index (χ4n) is 2.57. The molecule has 0 bridgehead atoms. The number of nitrogens with zero attached hydrogens (tertiary/aromatic N) is 2. The van der Waals surface area contributed by atoms with Gasteiger partial charge < -0.3 is 10.4 Å². The molecule has 2 N–H and O–H groups in total. The Labute approximate surface area is 139 Å². The molecule has 7 heteroatoms. The van der Waals surface area contributed by atoms with E-state index in [9.17, 15) is 19.5 Å². The van der Waals surface area contributed by atoms with E-state index in [4.69, 9.17) is 0 Å². The van der Waals surface area contributed by atoms with Gasteiger partial charge in [-0.1, -0.05) is 38.5 Å². The Morgan fingerprint density at radius 2 is 1.92 bits per heavy atom. The van der Waals surface area contributed by atoms with Crippen LogP contribution in [0.25, 0.3) is 10.8 Å². The Morgan fingerprint density at radius 1 is 1.29 bits per heavy atom. The van der Waals surface area contributed by atoms with E-state index in [1.807, 2.05) is 6.92 Å². The van der Waals surface area contributed by atoms with Crippen molar-refractivity contribution < 1.29 is 14.7 Å². The molecular weight excluding hydrogens is 310 g/mol. The standard InChI is InChI=1S/C17H21N3O4/c1-4-10(2)15(17(23)24)18-14(21)9-13-11-7-5-6-8-12(11)16(22)20(3)19-13/h5-8,10,15H,4,9H2,1-3H3,(H,18,21)(H,23,24)/t10-,15-/m0/s1. The SMILES string of the molecule is CC[C@H](C)[C@H](NC(=O)Cc1nn(C)c(=O)c2ccccc12)C(=O)O. The van der Waals surface area contributed by atoms with Gasteiger partial charge in [0.05, 0.1) is 17.5 Å². The van der Waals surface area contributed by atoms with E-state index in [2.05, 4.69) is 10.4 Å². The topological polar surface area (TPSA) is 101 Å². The first-order valence-corrected chi connectivity index (χ1v) is 7.82. The van der Waals surface area contributed by atoms with Crippen LogP contribution in [0.4, 0.5) is 0 Å². The number of carbonyl (C=O) groups is 2. The molecule has 0 radical (unpaired) electrons. The first-order chi connectivity index (χ1) is 11.3. The highest BCUT2D eigenvalue weighted by atomic mass is 16.4. The molecule has 7 nitrogen and oxygen atoms in total. The number of amides is 1. The number of fused-ring (bicyclic) bond motifs is 1. The van der Waals surface area contributed by atoms with Gasteiger partial charge in [0.1, 0.15) is 6.04 Å². The minimum absolute atomic E-state index is 0.0884.